The molecule has 4 aromatic carbocycles. The second-order valence-electron chi connectivity index (χ2n) is 12.4. The molecule has 2 aliphatic heterocycles. The molecule has 2 aliphatic rings. The van der Waals surface area contributed by atoms with Gasteiger partial charge in [-0.05, 0) is 58.7 Å². The van der Waals surface area contributed by atoms with Crippen molar-refractivity contribution in [1.29, 1.82) is 5.26 Å². The molecule has 9 nitrogen and oxygen atoms in total. The molecule has 2 heterocycles. The number of hydrogen-bond donors (Lipinski definition) is 2. The van der Waals surface area contributed by atoms with Crippen molar-refractivity contribution in [2.75, 3.05) is 47.5 Å². The Balaban J connectivity index is 1.16. The van der Waals surface area contributed by atoms with Crippen LogP contribution in [0.1, 0.15) is 46.2 Å². The minimum atomic E-state index is 0.112. The SMILES string of the molecule is COc1cc(C2=CCCN(Cc3ccccc3O)C2)ccc1C#[N+]c1cccc(CN2CCC=C(c3cc(OC)c(C#N)cc3OC)C2)c1O. The van der Waals surface area contributed by atoms with E-state index in [-0.39, 0.29) is 5.75 Å². The van der Waals surface area contributed by atoms with Crippen LogP contribution in [-0.4, -0.2) is 67.5 Å². The number of aromatic hydroxyl groups is 2. The Labute approximate surface area is 293 Å². The van der Waals surface area contributed by atoms with Gasteiger partial charge in [0.1, 0.15) is 34.6 Å². The number of benzene rings is 4. The zero-order chi connectivity index (χ0) is 35.0. The summed E-state index contributed by atoms with van der Waals surface area (Å²) >= 11 is 0. The molecule has 50 heavy (non-hydrogen) atoms. The first-order valence-electron chi connectivity index (χ1n) is 16.6. The first-order valence-corrected chi connectivity index (χ1v) is 16.6. The summed E-state index contributed by atoms with van der Waals surface area (Å²) in [5.74, 6) is 2.20. The van der Waals surface area contributed by atoms with Gasteiger partial charge in [0.2, 0.25) is 5.75 Å². The van der Waals surface area contributed by atoms with Crippen LogP contribution in [0.4, 0.5) is 5.69 Å². The Morgan fingerprint density at radius 2 is 1.38 bits per heavy atom. The van der Waals surface area contributed by atoms with E-state index in [9.17, 15) is 15.5 Å². The van der Waals surface area contributed by atoms with Gasteiger partial charge in [-0.2, -0.15) is 5.26 Å². The van der Waals surface area contributed by atoms with E-state index in [0.717, 1.165) is 60.3 Å². The average Bonchev–Trinajstić information content (AvgIpc) is 3.15. The first-order chi connectivity index (χ1) is 24.4. The van der Waals surface area contributed by atoms with Crippen LogP contribution in [-0.2, 0) is 13.1 Å². The summed E-state index contributed by atoms with van der Waals surface area (Å²) in [7, 11) is 4.78. The molecule has 0 atom stereocenters. The van der Waals surface area contributed by atoms with Gasteiger partial charge in [-0.1, -0.05) is 48.6 Å². The molecule has 2 N–H and O–H groups in total. The lowest BCUT2D eigenvalue weighted by atomic mass is 9.97. The summed E-state index contributed by atoms with van der Waals surface area (Å²) in [6, 6.07) is 27.9. The zero-order valence-corrected chi connectivity index (χ0v) is 28.6. The molecule has 0 unspecified atom stereocenters. The molecule has 0 fully saturated rings. The van der Waals surface area contributed by atoms with Crippen LogP contribution >= 0.6 is 0 Å². The topological polar surface area (TPSA) is 103 Å². The van der Waals surface area contributed by atoms with Gasteiger partial charge in [-0.25, -0.2) is 0 Å². The third-order valence-electron chi connectivity index (χ3n) is 9.19. The van der Waals surface area contributed by atoms with E-state index < -0.39 is 0 Å². The smallest absolute Gasteiger partial charge is 0.382 e. The predicted octanol–water partition coefficient (Wildman–Crippen LogP) is 7.59. The van der Waals surface area contributed by atoms with Crippen LogP contribution < -0.4 is 14.2 Å². The maximum absolute atomic E-state index is 11.3. The first kappa shape index (κ1) is 34.1. The summed E-state index contributed by atoms with van der Waals surface area (Å²) in [5.41, 5.74) is 7.42. The maximum Gasteiger partial charge on any atom is 0.382 e. The van der Waals surface area contributed by atoms with Crippen LogP contribution in [0.15, 0.2) is 84.9 Å². The van der Waals surface area contributed by atoms with Crippen molar-refractivity contribution >= 4 is 16.8 Å². The molecule has 0 aliphatic carbocycles. The quantitative estimate of drug-likeness (QED) is 0.188. The molecule has 6 rings (SSSR count). The number of rotatable bonds is 9. The molecule has 0 amide bonds. The predicted molar refractivity (Wildman–Crippen MR) is 195 cm³/mol. The second-order valence-corrected chi connectivity index (χ2v) is 12.4. The summed E-state index contributed by atoms with van der Waals surface area (Å²) in [6.07, 6.45) is 6.19. The summed E-state index contributed by atoms with van der Waals surface area (Å²) in [4.78, 5) is 9.15. The Hall–Kier alpha value is -5.74. The monoisotopic (exact) mass is 669 g/mol. The molecule has 254 valence electrons. The Morgan fingerprint density at radius 3 is 2.10 bits per heavy atom. The van der Waals surface area contributed by atoms with Gasteiger partial charge in [-0.3, -0.25) is 9.80 Å². The normalized spacial score (nSPS) is 14.8. The molecule has 9 heteroatoms. The highest BCUT2D eigenvalue weighted by molar-refractivity contribution is 5.75. The largest absolute Gasteiger partial charge is 0.508 e. The number of phenols is 2. The number of nitriles is 1. The third kappa shape index (κ3) is 7.61. The highest BCUT2D eigenvalue weighted by atomic mass is 16.5. The van der Waals surface area contributed by atoms with Crippen molar-refractivity contribution < 1.29 is 24.4 Å². The molecule has 0 spiro atoms. The van der Waals surface area contributed by atoms with Crippen molar-refractivity contribution in [3.05, 3.63) is 123 Å². The van der Waals surface area contributed by atoms with Crippen molar-refractivity contribution in [3.63, 3.8) is 0 Å². The van der Waals surface area contributed by atoms with E-state index in [4.69, 9.17) is 14.2 Å². The van der Waals surface area contributed by atoms with E-state index in [0.29, 0.717) is 59.4 Å². The number of methoxy groups -OCH3 is 3. The average molecular weight is 670 g/mol. The lowest BCUT2D eigenvalue weighted by Gasteiger charge is -2.28. The van der Waals surface area contributed by atoms with Gasteiger partial charge in [0, 0.05) is 68.1 Å². The number of phenolic OH excluding ortho intramolecular Hbond substituents is 2. The Morgan fingerprint density at radius 1 is 0.720 bits per heavy atom. The Kier molecular flexibility index (Phi) is 10.7. The fourth-order valence-electron chi connectivity index (χ4n) is 6.55. The van der Waals surface area contributed by atoms with Crippen molar-refractivity contribution in [2.45, 2.75) is 25.9 Å². The van der Waals surface area contributed by atoms with E-state index in [1.807, 2.05) is 54.6 Å². The minimum Gasteiger partial charge on any atom is -0.508 e. The van der Waals surface area contributed by atoms with Crippen molar-refractivity contribution in [3.8, 4) is 40.9 Å². The lowest BCUT2D eigenvalue weighted by molar-refractivity contribution is 0.291. The van der Waals surface area contributed by atoms with Crippen molar-refractivity contribution in [2.24, 2.45) is 0 Å². The fraction of sp³-hybridized carbons (Fsp3) is 0.268. The molecule has 0 aromatic heterocycles. The van der Waals surface area contributed by atoms with Crippen LogP contribution in [0.3, 0.4) is 0 Å². The fourth-order valence-corrected chi connectivity index (χ4v) is 6.55. The number of nitrogens with zero attached hydrogens (tertiary/aromatic N) is 4. The number of ether oxygens (including phenoxy) is 3. The van der Waals surface area contributed by atoms with Gasteiger partial charge in [0.25, 0.3) is 0 Å². The number of hydrogen-bond acceptors (Lipinski definition) is 8. The van der Waals surface area contributed by atoms with Crippen LogP contribution in [0.5, 0.6) is 28.7 Å². The van der Waals surface area contributed by atoms with Crippen LogP contribution in [0, 0.1) is 17.4 Å². The summed E-state index contributed by atoms with van der Waals surface area (Å²) in [5, 5.41) is 31.0. The van der Waals surface area contributed by atoms with Gasteiger partial charge in [-0.15, -0.1) is 0 Å². The van der Waals surface area contributed by atoms with Gasteiger partial charge >= 0.3 is 11.8 Å². The van der Waals surface area contributed by atoms with E-state index in [2.05, 4.69) is 38.9 Å². The highest BCUT2D eigenvalue weighted by Crippen LogP contribution is 2.37. The molecular weight excluding hydrogens is 628 g/mol. The van der Waals surface area contributed by atoms with Gasteiger partial charge in [0.05, 0.1) is 26.9 Å². The molecule has 0 saturated carbocycles. The highest BCUT2D eigenvalue weighted by Gasteiger charge is 2.23. The molecular formula is C41H41N4O5+. The van der Waals surface area contributed by atoms with Gasteiger partial charge in [0.15, 0.2) is 0 Å². The zero-order valence-electron chi connectivity index (χ0n) is 28.6. The van der Waals surface area contributed by atoms with E-state index >= 15 is 0 Å². The molecule has 0 bridgehead atoms. The second kappa shape index (κ2) is 15.7. The van der Waals surface area contributed by atoms with Crippen LogP contribution in [0.2, 0.25) is 0 Å². The summed E-state index contributed by atoms with van der Waals surface area (Å²) < 4.78 is 16.8. The van der Waals surface area contributed by atoms with Crippen molar-refractivity contribution in [1.82, 2.24) is 9.80 Å². The summed E-state index contributed by atoms with van der Waals surface area (Å²) in [6.45, 7) is 4.35. The van der Waals surface area contributed by atoms with E-state index in [1.54, 1.807) is 39.5 Å². The minimum absolute atomic E-state index is 0.112. The van der Waals surface area contributed by atoms with E-state index in [1.165, 1.54) is 5.57 Å². The molecule has 4 aromatic rings. The van der Waals surface area contributed by atoms with Gasteiger partial charge < -0.3 is 24.4 Å². The lowest BCUT2D eigenvalue weighted by Crippen LogP contribution is -2.29. The maximum atomic E-state index is 11.3. The van der Waals surface area contributed by atoms with Crippen LogP contribution in [0.25, 0.3) is 16.0 Å². The molecule has 0 radical (unpaired) electrons. The third-order valence-corrected chi connectivity index (χ3v) is 9.19. The number of para-hydroxylation sites is 2. The standard InChI is InChI=1S/C41H40N4O5/c1-48-38-19-28(30-11-7-17-44(24-30)26-32-9-4-5-14-37(32)46)15-16-29(38)23-43-36-13-6-10-33(41(36)47)27-45-18-8-12-31(25-45)35-21-39(49-2)34(22-42)20-40(35)50-3/h4-6,9-16,19-21H,7-8,17-18,24-27H2,1-3H3,(H-,46,47)/p+1. The molecule has 0 saturated heterocycles. The Bertz CT molecular complexity index is 2050.